The third-order valence-electron chi connectivity index (χ3n) is 2.96. The summed E-state index contributed by atoms with van der Waals surface area (Å²) < 4.78 is 1.82. The second-order valence-electron chi connectivity index (χ2n) is 4.09. The molecule has 2 heterocycles. The van der Waals surface area contributed by atoms with Crippen molar-refractivity contribution in [2.24, 2.45) is 5.92 Å². The first kappa shape index (κ1) is 10.5. The Labute approximate surface area is 94.5 Å². The lowest BCUT2D eigenvalue weighted by Gasteiger charge is -2.27. The number of hydrogen-bond donors (Lipinski definition) is 0. The van der Waals surface area contributed by atoms with E-state index >= 15 is 0 Å². The molecule has 5 nitrogen and oxygen atoms in total. The minimum absolute atomic E-state index is 0.566. The molecule has 16 heavy (non-hydrogen) atoms. The lowest BCUT2D eigenvalue weighted by Crippen LogP contribution is -2.31. The van der Waals surface area contributed by atoms with Gasteiger partial charge in [0.05, 0.1) is 11.8 Å². The van der Waals surface area contributed by atoms with Gasteiger partial charge in [0, 0.05) is 25.8 Å². The Balaban J connectivity index is 1.88. The van der Waals surface area contributed by atoms with E-state index in [1.165, 1.54) is 0 Å². The lowest BCUT2D eigenvalue weighted by molar-refractivity contribution is 0.229. The third kappa shape index (κ3) is 2.32. The molecule has 1 aromatic heterocycles. The Bertz CT molecular complexity index is 428. The molecule has 1 aromatic rings. The Morgan fingerprint density at radius 2 is 2.12 bits per heavy atom. The zero-order chi connectivity index (χ0) is 11.4. The highest BCUT2D eigenvalue weighted by Gasteiger charge is 2.18. The van der Waals surface area contributed by atoms with E-state index in [0.29, 0.717) is 11.5 Å². The van der Waals surface area contributed by atoms with E-state index < -0.39 is 0 Å². The summed E-state index contributed by atoms with van der Waals surface area (Å²) in [4.78, 5) is 1.79. The highest BCUT2D eigenvalue weighted by atomic mass is 15.3. The maximum Gasteiger partial charge on any atom is 0.179 e. The molecule has 1 fully saturated rings. The largest absolute Gasteiger partial charge is 0.311 e. The Hall–Kier alpha value is -2.01. The van der Waals surface area contributed by atoms with Gasteiger partial charge in [0.25, 0.3) is 0 Å². The van der Waals surface area contributed by atoms with Gasteiger partial charge in [-0.25, -0.2) is 0 Å². The lowest BCUT2D eigenvalue weighted by atomic mass is 9.97. The molecule has 1 saturated heterocycles. The van der Waals surface area contributed by atoms with Crippen molar-refractivity contribution < 1.29 is 0 Å². The summed E-state index contributed by atoms with van der Waals surface area (Å²) in [6.07, 6.45) is 7.58. The average Bonchev–Trinajstić information content (AvgIpc) is 2.78. The summed E-state index contributed by atoms with van der Waals surface area (Å²) >= 11 is 0. The van der Waals surface area contributed by atoms with E-state index in [0.717, 1.165) is 32.5 Å². The second-order valence-corrected chi connectivity index (χ2v) is 4.09. The molecule has 0 radical (unpaired) electrons. The number of aromatic nitrogens is 2. The van der Waals surface area contributed by atoms with E-state index in [2.05, 4.69) is 17.4 Å². The van der Waals surface area contributed by atoms with E-state index in [4.69, 9.17) is 10.5 Å². The highest BCUT2D eigenvalue weighted by Crippen LogP contribution is 2.18. The molecule has 2 rings (SSSR count). The molecule has 1 aliphatic heterocycles. The van der Waals surface area contributed by atoms with Gasteiger partial charge in [0.1, 0.15) is 6.07 Å². The molecule has 1 aliphatic rings. The number of nitrogens with zero attached hydrogens (tertiary/aromatic N) is 5. The predicted molar refractivity (Wildman–Crippen MR) is 56.9 cm³/mol. The summed E-state index contributed by atoms with van der Waals surface area (Å²) in [5.41, 5.74) is 0.606. The van der Waals surface area contributed by atoms with Crippen LogP contribution in [0.2, 0.25) is 0 Å². The minimum atomic E-state index is 0.566. The van der Waals surface area contributed by atoms with Crippen molar-refractivity contribution in [3.8, 4) is 12.3 Å². The number of nitriles is 2. The number of rotatable bonds is 2. The molecule has 0 aliphatic carbocycles. The first-order valence-electron chi connectivity index (χ1n) is 5.39. The molecule has 0 amide bonds. The molecule has 5 heteroatoms. The van der Waals surface area contributed by atoms with Gasteiger partial charge in [0.15, 0.2) is 6.19 Å². The fourth-order valence-electron chi connectivity index (χ4n) is 2.00. The van der Waals surface area contributed by atoms with Gasteiger partial charge in [-0.15, -0.1) is 0 Å². The van der Waals surface area contributed by atoms with Crippen LogP contribution in [0.15, 0.2) is 12.4 Å². The Morgan fingerprint density at radius 1 is 1.38 bits per heavy atom. The highest BCUT2D eigenvalue weighted by molar-refractivity contribution is 5.21. The quantitative estimate of drug-likeness (QED) is 0.689. The van der Waals surface area contributed by atoms with Crippen molar-refractivity contribution in [3.05, 3.63) is 18.0 Å². The van der Waals surface area contributed by atoms with Crippen LogP contribution >= 0.6 is 0 Å². The molecular formula is C11H13N5. The van der Waals surface area contributed by atoms with Gasteiger partial charge in [-0.2, -0.15) is 15.6 Å². The van der Waals surface area contributed by atoms with Crippen molar-refractivity contribution in [2.75, 3.05) is 13.1 Å². The van der Waals surface area contributed by atoms with Gasteiger partial charge in [-0.05, 0) is 18.8 Å². The summed E-state index contributed by atoms with van der Waals surface area (Å²) in [5, 5.41) is 21.5. The van der Waals surface area contributed by atoms with E-state index in [-0.39, 0.29) is 0 Å². The van der Waals surface area contributed by atoms with Crippen molar-refractivity contribution in [1.82, 2.24) is 14.7 Å². The van der Waals surface area contributed by atoms with Gasteiger partial charge in [0.2, 0.25) is 0 Å². The smallest absolute Gasteiger partial charge is 0.179 e. The van der Waals surface area contributed by atoms with Crippen LogP contribution in [0.25, 0.3) is 0 Å². The Morgan fingerprint density at radius 3 is 2.69 bits per heavy atom. The second kappa shape index (κ2) is 4.67. The van der Waals surface area contributed by atoms with Gasteiger partial charge in [-0.3, -0.25) is 4.68 Å². The zero-order valence-electron chi connectivity index (χ0n) is 9.00. The third-order valence-corrected chi connectivity index (χ3v) is 2.96. The average molecular weight is 215 g/mol. The molecule has 82 valence electrons. The molecule has 0 N–H and O–H groups in total. The van der Waals surface area contributed by atoms with Crippen molar-refractivity contribution in [2.45, 2.75) is 19.4 Å². The van der Waals surface area contributed by atoms with Crippen LogP contribution < -0.4 is 0 Å². The molecule has 0 spiro atoms. The van der Waals surface area contributed by atoms with Crippen molar-refractivity contribution in [3.63, 3.8) is 0 Å². The van der Waals surface area contributed by atoms with E-state index in [9.17, 15) is 0 Å². The topological polar surface area (TPSA) is 68.6 Å². The number of hydrogen-bond acceptors (Lipinski definition) is 4. The number of piperidine rings is 1. The van der Waals surface area contributed by atoms with Crippen LogP contribution in [0.3, 0.4) is 0 Å². The maximum atomic E-state index is 8.72. The molecule has 0 aromatic carbocycles. The monoisotopic (exact) mass is 215 g/mol. The summed E-state index contributed by atoms with van der Waals surface area (Å²) in [5.74, 6) is 0.566. The summed E-state index contributed by atoms with van der Waals surface area (Å²) in [6, 6.07) is 2.07. The molecule has 0 saturated carbocycles. The summed E-state index contributed by atoms with van der Waals surface area (Å²) in [7, 11) is 0. The van der Waals surface area contributed by atoms with E-state index in [1.54, 1.807) is 17.3 Å². The van der Waals surface area contributed by atoms with Gasteiger partial charge >= 0.3 is 0 Å². The molecular weight excluding hydrogens is 202 g/mol. The number of likely N-dealkylation sites (tertiary alicyclic amines) is 1. The van der Waals surface area contributed by atoms with E-state index in [1.807, 2.05) is 4.68 Å². The molecule has 0 bridgehead atoms. The van der Waals surface area contributed by atoms with Gasteiger partial charge in [-0.1, -0.05) is 0 Å². The van der Waals surface area contributed by atoms with Crippen LogP contribution in [0.4, 0.5) is 0 Å². The standard InChI is InChI=1S/C11H13N5/c12-5-11-6-14-16(8-11)7-10-1-3-15(9-13)4-2-10/h6,8,10H,1-4,7H2. The van der Waals surface area contributed by atoms with Gasteiger partial charge < -0.3 is 4.90 Å². The summed E-state index contributed by atoms with van der Waals surface area (Å²) in [6.45, 7) is 2.53. The SMILES string of the molecule is N#Cc1cnn(CC2CCN(C#N)CC2)c1. The van der Waals surface area contributed by atoms with Crippen LogP contribution in [0.1, 0.15) is 18.4 Å². The Kier molecular flexibility index (Phi) is 3.07. The van der Waals surface area contributed by atoms with Crippen LogP contribution in [0.5, 0.6) is 0 Å². The zero-order valence-corrected chi connectivity index (χ0v) is 9.00. The van der Waals surface area contributed by atoms with Crippen LogP contribution in [-0.4, -0.2) is 27.8 Å². The normalized spacial score (nSPS) is 16.8. The fourth-order valence-corrected chi connectivity index (χ4v) is 2.00. The molecule has 0 unspecified atom stereocenters. The first-order valence-corrected chi connectivity index (χ1v) is 5.39. The van der Waals surface area contributed by atoms with Crippen molar-refractivity contribution >= 4 is 0 Å². The maximum absolute atomic E-state index is 8.72. The molecule has 0 atom stereocenters. The minimum Gasteiger partial charge on any atom is -0.311 e. The van der Waals surface area contributed by atoms with Crippen LogP contribution in [0, 0.1) is 28.7 Å². The van der Waals surface area contributed by atoms with Crippen LogP contribution in [-0.2, 0) is 6.54 Å². The predicted octanol–water partition coefficient (Wildman–Crippen LogP) is 0.948. The van der Waals surface area contributed by atoms with Crippen molar-refractivity contribution in [1.29, 1.82) is 10.5 Å². The fraction of sp³-hybridized carbons (Fsp3) is 0.545. The first-order chi connectivity index (χ1) is 7.81.